The van der Waals surface area contributed by atoms with Gasteiger partial charge in [-0.3, -0.25) is 0 Å². The molecule has 0 aromatic heterocycles. The Bertz CT molecular complexity index is 396. The van der Waals surface area contributed by atoms with E-state index in [1.807, 2.05) is 30.3 Å². The van der Waals surface area contributed by atoms with Gasteiger partial charge in [-0.15, -0.1) is 0 Å². The van der Waals surface area contributed by atoms with Gasteiger partial charge < -0.3 is 10.4 Å². The molecular weight excluding hydrogens is 214 g/mol. The highest BCUT2D eigenvalue weighted by molar-refractivity contribution is 5.85. The normalized spacial score (nSPS) is 13.5. The third-order valence-corrected chi connectivity index (χ3v) is 2.66. The SMILES string of the molecule is C/C=C(\NC(c1ccccc1)C(C)C)C(=O)O. The first-order chi connectivity index (χ1) is 8.06. The fraction of sp³-hybridized carbons (Fsp3) is 0.357. The van der Waals surface area contributed by atoms with E-state index in [0.717, 1.165) is 5.56 Å². The predicted molar refractivity (Wildman–Crippen MR) is 68.5 cm³/mol. The van der Waals surface area contributed by atoms with Gasteiger partial charge >= 0.3 is 5.97 Å². The molecule has 0 spiro atoms. The third-order valence-electron chi connectivity index (χ3n) is 2.66. The molecule has 1 rings (SSSR count). The van der Waals surface area contributed by atoms with E-state index in [1.165, 1.54) is 0 Å². The number of carboxylic acid groups (broad SMARTS) is 1. The second kappa shape index (κ2) is 6.09. The quantitative estimate of drug-likeness (QED) is 0.769. The van der Waals surface area contributed by atoms with Crippen LogP contribution in [0.4, 0.5) is 0 Å². The average Bonchev–Trinajstić information content (AvgIpc) is 2.30. The highest BCUT2D eigenvalue weighted by atomic mass is 16.4. The maximum atomic E-state index is 11.0. The summed E-state index contributed by atoms with van der Waals surface area (Å²) >= 11 is 0. The number of aliphatic carboxylic acids is 1. The van der Waals surface area contributed by atoms with Crippen molar-refractivity contribution in [3.05, 3.63) is 47.7 Å². The summed E-state index contributed by atoms with van der Waals surface area (Å²) in [5.41, 5.74) is 1.34. The van der Waals surface area contributed by atoms with Crippen LogP contribution in [-0.4, -0.2) is 11.1 Å². The van der Waals surface area contributed by atoms with Crippen molar-refractivity contribution >= 4 is 5.97 Å². The molecule has 0 amide bonds. The molecule has 0 saturated carbocycles. The van der Waals surface area contributed by atoms with Crippen molar-refractivity contribution in [1.29, 1.82) is 0 Å². The number of nitrogens with one attached hydrogen (secondary N) is 1. The van der Waals surface area contributed by atoms with Crippen LogP contribution in [0.25, 0.3) is 0 Å². The zero-order valence-corrected chi connectivity index (χ0v) is 10.5. The fourth-order valence-corrected chi connectivity index (χ4v) is 1.73. The number of hydrogen-bond acceptors (Lipinski definition) is 2. The fourth-order valence-electron chi connectivity index (χ4n) is 1.73. The predicted octanol–water partition coefficient (Wildman–Crippen LogP) is 2.96. The van der Waals surface area contributed by atoms with Gasteiger partial charge in [-0.1, -0.05) is 50.3 Å². The van der Waals surface area contributed by atoms with Crippen molar-refractivity contribution in [2.75, 3.05) is 0 Å². The van der Waals surface area contributed by atoms with Crippen molar-refractivity contribution in [3.8, 4) is 0 Å². The highest BCUT2D eigenvalue weighted by Crippen LogP contribution is 2.22. The standard InChI is InChI=1S/C14H19NO2/c1-4-12(14(16)17)15-13(10(2)3)11-8-6-5-7-9-11/h4-10,13,15H,1-3H3,(H,16,17)/b12-4-. The van der Waals surface area contributed by atoms with Crippen molar-refractivity contribution in [3.63, 3.8) is 0 Å². The lowest BCUT2D eigenvalue weighted by Gasteiger charge is -2.24. The third kappa shape index (κ3) is 3.63. The number of rotatable bonds is 5. The zero-order chi connectivity index (χ0) is 12.8. The largest absolute Gasteiger partial charge is 0.477 e. The lowest BCUT2D eigenvalue weighted by molar-refractivity contribution is -0.133. The smallest absolute Gasteiger partial charge is 0.351 e. The van der Waals surface area contributed by atoms with Crippen molar-refractivity contribution in [2.45, 2.75) is 26.8 Å². The second-order valence-electron chi connectivity index (χ2n) is 4.28. The maximum absolute atomic E-state index is 11.0. The van der Waals surface area contributed by atoms with Crippen LogP contribution in [0.15, 0.2) is 42.1 Å². The van der Waals surface area contributed by atoms with E-state index >= 15 is 0 Å². The van der Waals surface area contributed by atoms with Crippen molar-refractivity contribution in [2.24, 2.45) is 5.92 Å². The van der Waals surface area contributed by atoms with E-state index in [9.17, 15) is 4.79 Å². The summed E-state index contributed by atoms with van der Waals surface area (Å²) in [5.74, 6) is -0.610. The van der Waals surface area contributed by atoms with Gasteiger partial charge in [0.15, 0.2) is 0 Å². The monoisotopic (exact) mass is 233 g/mol. The topological polar surface area (TPSA) is 49.3 Å². The highest BCUT2D eigenvalue weighted by Gasteiger charge is 2.18. The van der Waals surface area contributed by atoms with E-state index in [-0.39, 0.29) is 11.7 Å². The summed E-state index contributed by atoms with van der Waals surface area (Å²) in [7, 11) is 0. The Morgan fingerprint density at radius 3 is 2.29 bits per heavy atom. The molecule has 92 valence electrons. The van der Waals surface area contributed by atoms with Gasteiger partial charge in [0.2, 0.25) is 0 Å². The lowest BCUT2D eigenvalue weighted by Crippen LogP contribution is -2.28. The number of allylic oxidation sites excluding steroid dienone is 1. The Balaban J connectivity index is 2.92. The Kier molecular flexibility index (Phi) is 4.76. The Morgan fingerprint density at radius 2 is 1.88 bits per heavy atom. The van der Waals surface area contributed by atoms with Gasteiger partial charge in [0, 0.05) is 0 Å². The summed E-state index contributed by atoms with van der Waals surface area (Å²) in [5, 5.41) is 12.1. The molecular formula is C14H19NO2. The van der Waals surface area contributed by atoms with Gasteiger partial charge in [-0.2, -0.15) is 0 Å². The summed E-state index contributed by atoms with van der Waals surface area (Å²) in [4.78, 5) is 11.0. The average molecular weight is 233 g/mol. The number of hydrogen-bond donors (Lipinski definition) is 2. The van der Waals surface area contributed by atoms with Crippen LogP contribution in [0.2, 0.25) is 0 Å². The molecule has 1 atom stereocenters. The molecule has 0 aliphatic heterocycles. The maximum Gasteiger partial charge on any atom is 0.351 e. The molecule has 1 unspecified atom stereocenters. The van der Waals surface area contributed by atoms with E-state index < -0.39 is 5.97 Å². The molecule has 1 aromatic rings. The first-order valence-electron chi connectivity index (χ1n) is 5.77. The molecule has 0 heterocycles. The second-order valence-corrected chi connectivity index (χ2v) is 4.28. The Hall–Kier alpha value is -1.77. The number of benzene rings is 1. The minimum atomic E-state index is -0.922. The molecule has 3 nitrogen and oxygen atoms in total. The Morgan fingerprint density at radius 1 is 1.29 bits per heavy atom. The molecule has 0 saturated heterocycles. The van der Waals surface area contributed by atoms with E-state index in [4.69, 9.17) is 5.11 Å². The van der Waals surface area contributed by atoms with Gasteiger partial charge in [-0.25, -0.2) is 4.79 Å². The first kappa shape index (κ1) is 13.3. The van der Waals surface area contributed by atoms with Crippen LogP contribution in [0, 0.1) is 5.92 Å². The number of carboxylic acids is 1. The first-order valence-corrected chi connectivity index (χ1v) is 5.77. The summed E-state index contributed by atoms with van der Waals surface area (Å²) in [6.07, 6.45) is 1.58. The molecule has 0 fully saturated rings. The Labute approximate surface area is 102 Å². The van der Waals surface area contributed by atoms with Gasteiger partial charge in [0.05, 0.1) is 6.04 Å². The molecule has 0 bridgehead atoms. The molecule has 17 heavy (non-hydrogen) atoms. The summed E-state index contributed by atoms with van der Waals surface area (Å²) in [6.45, 7) is 5.86. The van der Waals surface area contributed by atoms with Crippen LogP contribution in [0.3, 0.4) is 0 Å². The molecule has 2 N–H and O–H groups in total. The van der Waals surface area contributed by atoms with Crippen molar-refractivity contribution in [1.82, 2.24) is 5.32 Å². The van der Waals surface area contributed by atoms with E-state index in [2.05, 4.69) is 19.2 Å². The van der Waals surface area contributed by atoms with E-state index in [1.54, 1.807) is 13.0 Å². The van der Waals surface area contributed by atoms with Crippen molar-refractivity contribution < 1.29 is 9.90 Å². The molecule has 0 aliphatic carbocycles. The zero-order valence-electron chi connectivity index (χ0n) is 10.5. The molecule has 0 radical (unpaired) electrons. The minimum Gasteiger partial charge on any atom is -0.477 e. The van der Waals surface area contributed by atoms with Crippen LogP contribution < -0.4 is 5.32 Å². The van der Waals surface area contributed by atoms with Crippen LogP contribution in [-0.2, 0) is 4.79 Å². The van der Waals surface area contributed by atoms with E-state index in [0.29, 0.717) is 5.92 Å². The molecule has 3 heteroatoms. The van der Waals surface area contributed by atoms with Gasteiger partial charge in [0.1, 0.15) is 5.70 Å². The molecule has 0 aliphatic rings. The van der Waals surface area contributed by atoms with Crippen LogP contribution >= 0.6 is 0 Å². The van der Waals surface area contributed by atoms with Gasteiger partial charge in [0.25, 0.3) is 0 Å². The van der Waals surface area contributed by atoms with Gasteiger partial charge in [-0.05, 0) is 18.4 Å². The summed E-state index contributed by atoms with van der Waals surface area (Å²) < 4.78 is 0. The lowest BCUT2D eigenvalue weighted by atomic mass is 9.96. The van der Waals surface area contributed by atoms with Crippen LogP contribution in [0.1, 0.15) is 32.4 Å². The molecule has 1 aromatic carbocycles. The minimum absolute atomic E-state index is 0.0125. The number of carbonyl (C=O) groups is 1. The summed E-state index contributed by atoms with van der Waals surface area (Å²) in [6, 6.07) is 9.90. The van der Waals surface area contributed by atoms with Crippen LogP contribution in [0.5, 0.6) is 0 Å².